The summed E-state index contributed by atoms with van der Waals surface area (Å²) in [5, 5.41) is 6.07. The Morgan fingerprint density at radius 3 is 2.58 bits per heavy atom. The highest BCUT2D eigenvalue weighted by molar-refractivity contribution is 7.89. The Kier molecular flexibility index (Phi) is 7.62. The fraction of sp³-hybridized carbons (Fsp3) is 0.533. The van der Waals surface area contributed by atoms with Crippen molar-refractivity contribution < 1.29 is 17.9 Å². The van der Waals surface area contributed by atoms with Gasteiger partial charge in [-0.15, -0.1) is 12.4 Å². The predicted octanol–water partition coefficient (Wildman–Crippen LogP) is 0.971. The first-order valence-corrected chi connectivity index (χ1v) is 8.96. The highest BCUT2D eigenvalue weighted by Gasteiger charge is 2.39. The standard InChI is InChI=1S/C15H23N3O4S.ClH/c1-16-23(20,21)13-5-3-4-12(10-13)18-14(19)15(11-22-2)6-8-17-9-7-15;/h3-5,10,16-17H,6-9,11H2,1-2H3,(H,18,19);1H. The third-order valence-electron chi connectivity index (χ3n) is 4.13. The van der Waals surface area contributed by atoms with Gasteiger partial charge in [-0.1, -0.05) is 6.07 Å². The molecule has 0 bridgehead atoms. The number of benzene rings is 1. The van der Waals surface area contributed by atoms with E-state index in [-0.39, 0.29) is 23.2 Å². The molecule has 9 heteroatoms. The second-order valence-corrected chi connectivity index (χ2v) is 7.54. The normalized spacial score (nSPS) is 16.9. The summed E-state index contributed by atoms with van der Waals surface area (Å²) >= 11 is 0. The molecule has 1 aliphatic heterocycles. The molecule has 1 amide bonds. The highest BCUT2D eigenvalue weighted by atomic mass is 35.5. The number of methoxy groups -OCH3 is 1. The van der Waals surface area contributed by atoms with E-state index in [1.54, 1.807) is 19.2 Å². The first kappa shape index (κ1) is 20.9. The average Bonchev–Trinajstić information content (AvgIpc) is 2.56. The SMILES string of the molecule is CNS(=O)(=O)c1cccc(NC(=O)C2(COC)CCNCC2)c1.Cl. The van der Waals surface area contributed by atoms with E-state index >= 15 is 0 Å². The zero-order valence-corrected chi connectivity index (χ0v) is 15.4. The van der Waals surface area contributed by atoms with Gasteiger partial charge < -0.3 is 15.4 Å². The Balaban J connectivity index is 0.00000288. The van der Waals surface area contributed by atoms with Crippen molar-refractivity contribution in [2.45, 2.75) is 17.7 Å². The summed E-state index contributed by atoms with van der Waals surface area (Å²) in [5.74, 6) is -0.139. The van der Waals surface area contributed by atoms with E-state index < -0.39 is 15.4 Å². The van der Waals surface area contributed by atoms with Crippen molar-refractivity contribution in [3.05, 3.63) is 24.3 Å². The van der Waals surface area contributed by atoms with Crippen LogP contribution in [0.4, 0.5) is 5.69 Å². The third kappa shape index (κ3) is 4.67. The predicted molar refractivity (Wildman–Crippen MR) is 95.0 cm³/mol. The zero-order valence-electron chi connectivity index (χ0n) is 13.8. The number of ether oxygens (including phenoxy) is 1. The van der Waals surface area contributed by atoms with Crippen molar-refractivity contribution in [3.8, 4) is 0 Å². The lowest BCUT2D eigenvalue weighted by Gasteiger charge is -2.35. The molecule has 1 saturated heterocycles. The first-order chi connectivity index (χ1) is 10.9. The molecular formula is C15H24ClN3O4S. The van der Waals surface area contributed by atoms with Crippen molar-refractivity contribution in [2.24, 2.45) is 5.41 Å². The second kappa shape index (κ2) is 8.77. The highest BCUT2D eigenvalue weighted by Crippen LogP contribution is 2.31. The summed E-state index contributed by atoms with van der Waals surface area (Å²) in [5.41, 5.74) is -0.127. The average molecular weight is 378 g/mol. The molecule has 1 fully saturated rings. The molecule has 0 radical (unpaired) electrons. The molecule has 0 atom stereocenters. The summed E-state index contributed by atoms with van der Waals surface area (Å²) in [6.45, 7) is 1.85. The maximum Gasteiger partial charge on any atom is 0.240 e. The van der Waals surface area contributed by atoms with Crippen molar-refractivity contribution in [3.63, 3.8) is 0 Å². The molecule has 3 N–H and O–H groups in total. The molecule has 1 aromatic rings. The monoisotopic (exact) mass is 377 g/mol. The van der Waals surface area contributed by atoms with E-state index in [1.165, 1.54) is 19.2 Å². The van der Waals surface area contributed by atoms with Crippen LogP contribution in [-0.4, -0.2) is 48.2 Å². The maximum atomic E-state index is 12.7. The van der Waals surface area contributed by atoms with Crippen LogP contribution in [0, 0.1) is 5.41 Å². The fourth-order valence-electron chi connectivity index (χ4n) is 2.74. The molecular weight excluding hydrogens is 354 g/mol. The van der Waals surface area contributed by atoms with Crippen molar-refractivity contribution in [2.75, 3.05) is 39.2 Å². The van der Waals surface area contributed by atoms with Crippen LogP contribution in [0.2, 0.25) is 0 Å². The Morgan fingerprint density at radius 2 is 2.00 bits per heavy atom. The molecule has 0 saturated carbocycles. The number of halogens is 1. The molecule has 1 aliphatic rings. The van der Waals surface area contributed by atoms with Crippen molar-refractivity contribution in [1.82, 2.24) is 10.0 Å². The quantitative estimate of drug-likeness (QED) is 0.686. The van der Waals surface area contributed by atoms with Gasteiger partial charge in [0.15, 0.2) is 0 Å². The Morgan fingerprint density at radius 1 is 1.33 bits per heavy atom. The van der Waals surface area contributed by atoms with Crippen LogP contribution in [0.1, 0.15) is 12.8 Å². The molecule has 0 aromatic heterocycles. The Labute approximate surface area is 149 Å². The summed E-state index contributed by atoms with van der Waals surface area (Å²) in [4.78, 5) is 12.8. The largest absolute Gasteiger partial charge is 0.384 e. The van der Waals surface area contributed by atoms with Gasteiger partial charge >= 0.3 is 0 Å². The number of carbonyl (C=O) groups is 1. The minimum absolute atomic E-state index is 0. The molecule has 7 nitrogen and oxygen atoms in total. The summed E-state index contributed by atoms with van der Waals surface area (Å²) < 4.78 is 31.2. The lowest BCUT2D eigenvalue weighted by molar-refractivity contribution is -0.130. The number of rotatable bonds is 6. The third-order valence-corrected chi connectivity index (χ3v) is 5.55. The molecule has 24 heavy (non-hydrogen) atoms. The Bertz CT molecular complexity index is 655. The lowest BCUT2D eigenvalue weighted by atomic mass is 9.78. The number of sulfonamides is 1. The lowest BCUT2D eigenvalue weighted by Crippen LogP contribution is -2.47. The van der Waals surface area contributed by atoms with E-state index in [4.69, 9.17) is 4.74 Å². The zero-order chi connectivity index (χ0) is 16.9. The minimum atomic E-state index is -3.54. The van der Waals surface area contributed by atoms with Crippen LogP contribution in [0.3, 0.4) is 0 Å². The number of anilines is 1. The van der Waals surface area contributed by atoms with Crippen LogP contribution in [0.15, 0.2) is 29.2 Å². The molecule has 0 spiro atoms. The van der Waals surface area contributed by atoms with Gasteiger partial charge in [0.25, 0.3) is 0 Å². The van der Waals surface area contributed by atoms with E-state index in [1.807, 2.05) is 0 Å². The molecule has 1 aromatic carbocycles. The van der Waals surface area contributed by atoms with Gasteiger partial charge in [0.05, 0.1) is 16.9 Å². The van der Waals surface area contributed by atoms with E-state index in [0.717, 1.165) is 13.1 Å². The van der Waals surface area contributed by atoms with Crippen LogP contribution in [0.5, 0.6) is 0 Å². The number of piperidine rings is 1. The van der Waals surface area contributed by atoms with Crippen LogP contribution >= 0.6 is 12.4 Å². The smallest absolute Gasteiger partial charge is 0.240 e. The molecule has 1 heterocycles. The van der Waals surface area contributed by atoms with Gasteiger partial charge in [-0.3, -0.25) is 4.79 Å². The summed E-state index contributed by atoms with van der Waals surface area (Å²) in [6.07, 6.45) is 1.36. The second-order valence-electron chi connectivity index (χ2n) is 5.65. The van der Waals surface area contributed by atoms with Crippen molar-refractivity contribution in [1.29, 1.82) is 0 Å². The number of nitrogens with one attached hydrogen (secondary N) is 3. The van der Waals surface area contributed by atoms with Gasteiger partial charge in [0.1, 0.15) is 0 Å². The topological polar surface area (TPSA) is 96.5 Å². The number of hydrogen-bond donors (Lipinski definition) is 3. The number of hydrogen-bond acceptors (Lipinski definition) is 5. The van der Waals surface area contributed by atoms with Gasteiger partial charge in [0.2, 0.25) is 15.9 Å². The minimum Gasteiger partial charge on any atom is -0.384 e. The van der Waals surface area contributed by atoms with Crippen LogP contribution in [-0.2, 0) is 19.6 Å². The van der Waals surface area contributed by atoms with Crippen LogP contribution < -0.4 is 15.4 Å². The first-order valence-electron chi connectivity index (χ1n) is 7.48. The molecule has 0 aliphatic carbocycles. The van der Waals surface area contributed by atoms with E-state index in [2.05, 4.69) is 15.4 Å². The summed E-state index contributed by atoms with van der Waals surface area (Å²) in [7, 11) is -0.612. The van der Waals surface area contributed by atoms with Crippen molar-refractivity contribution >= 4 is 34.0 Å². The van der Waals surface area contributed by atoms with Gasteiger partial charge in [-0.25, -0.2) is 13.1 Å². The van der Waals surface area contributed by atoms with Gasteiger partial charge in [-0.05, 0) is 51.2 Å². The van der Waals surface area contributed by atoms with Gasteiger partial charge in [0, 0.05) is 12.8 Å². The maximum absolute atomic E-state index is 12.7. The molecule has 136 valence electrons. The van der Waals surface area contributed by atoms with E-state index in [0.29, 0.717) is 25.1 Å². The van der Waals surface area contributed by atoms with Gasteiger partial charge in [-0.2, -0.15) is 0 Å². The molecule has 0 unspecified atom stereocenters. The van der Waals surface area contributed by atoms with Crippen LogP contribution in [0.25, 0.3) is 0 Å². The number of carbonyl (C=O) groups excluding carboxylic acids is 1. The Hall–Kier alpha value is -1.19. The number of amides is 1. The van der Waals surface area contributed by atoms with E-state index in [9.17, 15) is 13.2 Å². The fourth-order valence-corrected chi connectivity index (χ4v) is 3.52. The molecule has 2 rings (SSSR count). The summed E-state index contributed by atoms with van der Waals surface area (Å²) in [6, 6.07) is 6.21.